The van der Waals surface area contributed by atoms with Gasteiger partial charge >= 0.3 is 0 Å². The summed E-state index contributed by atoms with van der Waals surface area (Å²) in [6.07, 6.45) is 6.49. The summed E-state index contributed by atoms with van der Waals surface area (Å²) in [4.78, 5) is 12.2. The Morgan fingerprint density at radius 3 is 2.52 bits per heavy atom. The Kier molecular flexibility index (Phi) is 5.90. The maximum atomic E-state index is 12.2. The van der Waals surface area contributed by atoms with Crippen LogP contribution in [0.15, 0.2) is 48.8 Å². The second kappa shape index (κ2) is 7.90. The van der Waals surface area contributed by atoms with Gasteiger partial charge in [0.1, 0.15) is 0 Å². The standard InChI is InChI=1S/C16H20N2O2S/c1-21-12-14(8-11-19)17-16(20)13-4-6-15(7-5-13)18-9-2-3-10-18/h2-7,9-10,14,19H,8,11-12H2,1H3,(H,17,20). The van der Waals surface area contributed by atoms with Gasteiger partial charge in [-0.1, -0.05) is 0 Å². The third kappa shape index (κ3) is 4.37. The number of carbonyl (C=O) groups excluding carboxylic acids is 1. The summed E-state index contributed by atoms with van der Waals surface area (Å²) < 4.78 is 1.99. The molecular weight excluding hydrogens is 284 g/mol. The van der Waals surface area contributed by atoms with Gasteiger partial charge in [0.25, 0.3) is 5.91 Å². The topological polar surface area (TPSA) is 54.3 Å². The maximum absolute atomic E-state index is 12.2. The third-order valence-electron chi connectivity index (χ3n) is 3.21. The number of amides is 1. The van der Waals surface area contributed by atoms with Crippen LogP contribution in [-0.2, 0) is 0 Å². The molecule has 21 heavy (non-hydrogen) atoms. The van der Waals surface area contributed by atoms with Crippen molar-refractivity contribution in [1.82, 2.24) is 9.88 Å². The number of hydrogen-bond acceptors (Lipinski definition) is 3. The molecule has 2 rings (SSSR count). The van der Waals surface area contributed by atoms with Crippen LogP contribution in [0.2, 0.25) is 0 Å². The van der Waals surface area contributed by atoms with Crippen LogP contribution in [0, 0.1) is 0 Å². The third-order valence-corrected chi connectivity index (χ3v) is 3.95. The zero-order valence-corrected chi connectivity index (χ0v) is 12.8. The molecule has 5 heteroatoms. The van der Waals surface area contributed by atoms with Gasteiger partial charge in [0.15, 0.2) is 0 Å². The molecule has 0 aliphatic rings. The van der Waals surface area contributed by atoms with E-state index in [1.54, 1.807) is 11.8 Å². The molecule has 2 N–H and O–H groups in total. The lowest BCUT2D eigenvalue weighted by Gasteiger charge is -2.16. The average Bonchev–Trinajstić information content (AvgIpc) is 3.02. The summed E-state index contributed by atoms with van der Waals surface area (Å²) in [5.41, 5.74) is 1.66. The molecule has 0 aliphatic carbocycles. The summed E-state index contributed by atoms with van der Waals surface area (Å²) in [7, 11) is 0. The van der Waals surface area contributed by atoms with E-state index in [0.717, 1.165) is 11.4 Å². The molecule has 1 unspecified atom stereocenters. The fraction of sp³-hybridized carbons (Fsp3) is 0.312. The first-order valence-corrected chi connectivity index (χ1v) is 8.28. The van der Waals surface area contributed by atoms with Gasteiger partial charge in [-0.2, -0.15) is 11.8 Å². The fourth-order valence-corrected chi connectivity index (χ4v) is 2.77. The van der Waals surface area contributed by atoms with Crippen LogP contribution < -0.4 is 5.32 Å². The molecule has 1 aromatic carbocycles. The molecule has 0 saturated heterocycles. The van der Waals surface area contributed by atoms with Gasteiger partial charge in [0.2, 0.25) is 0 Å². The van der Waals surface area contributed by atoms with Crippen molar-refractivity contribution in [2.45, 2.75) is 12.5 Å². The number of benzene rings is 1. The van der Waals surface area contributed by atoms with Crippen molar-refractivity contribution in [1.29, 1.82) is 0 Å². The number of aliphatic hydroxyl groups is 1. The molecule has 0 spiro atoms. The van der Waals surface area contributed by atoms with Gasteiger partial charge in [0, 0.05) is 42.0 Å². The molecule has 0 bridgehead atoms. The molecule has 0 radical (unpaired) electrons. The molecule has 1 atom stereocenters. The lowest BCUT2D eigenvalue weighted by Crippen LogP contribution is -2.37. The summed E-state index contributed by atoms with van der Waals surface area (Å²) in [5, 5.41) is 12.0. The number of nitrogens with zero attached hydrogens (tertiary/aromatic N) is 1. The molecular formula is C16H20N2O2S. The molecule has 1 aromatic heterocycles. The number of carbonyl (C=O) groups is 1. The Balaban J connectivity index is 2.02. The van der Waals surface area contributed by atoms with Gasteiger partial charge in [-0.15, -0.1) is 0 Å². The molecule has 0 fully saturated rings. The minimum Gasteiger partial charge on any atom is -0.396 e. The predicted molar refractivity (Wildman–Crippen MR) is 87.1 cm³/mol. The zero-order chi connectivity index (χ0) is 15.1. The normalized spacial score (nSPS) is 12.1. The second-order valence-electron chi connectivity index (χ2n) is 4.78. The summed E-state index contributed by atoms with van der Waals surface area (Å²) in [6.45, 7) is 0.0814. The van der Waals surface area contributed by atoms with Crippen molar-refractivity contribution in [3.8, 4) is 5.69 Å². The number of aromatic nitrogens is 1. The first kappa shape index (κ1) is 15.7. The van der Waals surface area contributed by atoms with Crippen LogP contribution >= 0.6 is 11.8 Å². The molecule has 0 aliphatic heterocycles. The highest BCUT2D eigenvalue weighted by Crippen LogP contribution is 2.11. The molecule has 2 aromatic rings. The Hall–Kier alpha value is -1.72. The van der Waals surface area contributed by atoms with E-state index in [0.29, 0.717) is 12.0 Å². The van der Waals surface area contributed by atoms with E-state index in [2.05, 4.69) is 5.32 Å². The maximum Gasteiger partial charge on any atom is 0.251 e. The van der Waals surface area contributed by atoms with E-state index in [1.807, 2.05) is 59.6 Å². The van der Waals surface area contributed by atoms with E-state index in [9.17, 15) is 4.79 Å². The molecule has 4 nitrogen and oxygen atoms in total. The number of aliphatic hydroxyl groups excluding tert-OH is 1. The van der Waals surface area contributed by atoms with E-state index in [1.165, 1.54) is 0 Å². The van der Waals surface area contributed by atoms with Crippen molar-refractivity contribution in [3.63, 3.8) is 0 Å². The van der Waals surface area contributed by atoms with Crippen LogP contribution in [0.1, 0.15) is 16.8 Å². The van der Waals surface area contributed by atoms with E-state index < -0.39 is 0 Å². The Morgan fingerprint density at radius 1 is 1.29 bits per heavy atom. The number of hydrogen-bond donors (Lipinski definition) is 2. The van der Waals surface area contributed by atoms with E-state index in [-0.39, 0.29) is 18.6 Å². The van der Waals surface area contributed by atoms with Gasteiger partial charge < -0.3 is 15.0 Å². The largest absolute Gasteiger partial charge is 0.396 e. The molecule has 112 valence electrons. The SMILES string of the molecule is CSCC(CCO)NC(=O)c1ccc(-n2cccc2)cc1. The number of thioether (sulfide) groups is 1. The van der Waals surface area contributed by atoms with Crippen molar-refractivity contribution >= 4 is 17.7 Å². The van der Waals surface area contributed by atoms with Crippen molar-refractivity contribution < 1.29 is 9.90 Å². The first-order chi connectivity index (χ1) is 10.2. The zero-order valence-electron chi connectivity index (χ0n) is 12.0. The smallest absolute Gasteiger partial charge is 0.251 e. The highest BCUT2D eigenvalue weighted by atomic mass is 32.2. The van der Waals surface area contributed by atoms with Crippen LogP contribution in [0.5, 0.6) is 0 Å². The van der Waals surface area contributed by atoms with Crippen molar-refractivity contribution in [2.75, 3.05) is 18.6 Å². The number of rotatable bonds is 7. The highest BCUT2D eigenvalue weighted by Gasteiger charge is 2.13. The van der Waals surface area contributed by atoms with Crippen LogP contribution in [-0.4, -0.2) is 40.2 Å². The number of nitrogens with one attached hydrogen (secondary N) is 1. The van der Waals surface area contributed by atoms with Gasteiger partial charge in [-0.3, -0.25) is 4.79 Å². The Morgan fingerprint density at radius 2 is 1.95 bits per heavy atom. The van der Waals surface area contributed by atoms with Crippen LogP contribution in [0.4, 0.5) is 0 Å². The first-order valence-electron chi connectivity index (χ1n) is 6.88. The van der Waals surface area contributed by atoms with Crippen molar-refractivity contribution in [2.24, 2.45) is 0 Å². The van der Waals surface area contributed by atoms with Gasteiger partial charge in [-0.25, -0.2) is 0 Å². The highest BCUT2D eigenvalue weighted by molar-refractivity contribution is 7.98. The lowest BCUT2D eigenvalue weighted by atomic mass is 10.1. The molecule has 1 amide bonds. The molecule has 1 heterocycles. The summed E-state index contributed by atoms with van der Waals surface area (Å²) >= 11 is 1.66. The minimum atomic E-state index is -0.0958. The fourth-order valence-electron chi connectivity index (χ4n) is 2.11. The predicted octanol–water partition coefficient (Wildman–Crippen LogP) is 2.32. The van der Waals surface area contributed by atoms with E-state index in [4.69, 9.17) is 5.11 Å². The Bertz CT molecular complexity index is 546. The Labute approximate surface area is 129 Å². The average molecular weight is 304 g/mol. The van der Waals surface area contributed by atoms with Crippen LogP contribution in [0.25, 0.3) is 5.69 Å². The van der Waals surface area contributed by atoms with Gasteiger partial charge in [0.05, 0.1) is 0 Å². The lowest BCUT2D eigenvalue weighted by molar-refractivity contribution is 0.0935. The summed E-state index contributed by atoms with van der Waals surface area (Å²) in [6, 6.07) is 11.4. The second-order valence-corrected chi connectivity index (χ2v) is 5.69. The van der Waals surface area contributed by atoms with Crippen LogP contribution in [0.3, 0.4) is 0 Å². The van der Waals surface area contributed by atoms with Crippen molar-refractivity contribution in [3.05, 3.63) is 54.4 Å². The quantitative estimate of drug-likeness (QED) is 0.825. The summed E-state index contributed by atoms with van der Waals surface area (Å²) in [5.74, 6) is 0.704. The molecule has 0 saturated carbocycles. The minimum absolute atomic E-state index is 0.00150. The van der Waals surface area contributed by atoms with Gasteiger partial charge in [-0.05, 0) is 49.1 Å². The van der Waals surface area contributed by atoms with E-state index >= 15 is 0 Å². The monoisotopic (exact) mass is 304 g/mol.